The quantitative estimate of drug-likeness (QED) is 0.153. The number of aromatic nitrogens is 4. The van der Waals surface area contributed by atoms with Crippen molar-refractivity contribution in [3.63, 3.8) is 0 Å². The number of anilines is 1. The van der Waals surface area contributed by atoms with Gasteiger partial charge in [-0.25, -0.2) is 8.78 Å². The van der Waals surface area contributed by atoms with Gasteiger partial charge in [0.2, 0.25) is 0 Å². The first-order chi connectivity index (χ1) is 23.2. The van der Waals surface area contributed by atoms with Gasteiger partial charge >= 0.3 is 5.97 Å². The van der Waals surface area contributed by atoms with Crippen molar-refractivity contribution in [1.82, 2.24) is 19.3 Å². The van der Waals surface area contributed by atoms with Crippen molar-refractivity contribution >= 4 is 39.1 Å². The normalized spacial score (nSPS) is 11.0. The third kappa shape index (κ3) is 6.93. The number of fused-ring (bicyclic) bond motifs is 1. The van der Waals surface area contributed by atoms with Crippen molar-refractivity contribution in [2.24, 2.45) is 0 Å². The van der Waals surface area contributed by atoms with Gasteiger partial charge in [-0.15, -0.1) is 11.3 Å². The molecule has 0 saturated heterocycles. The number of carbonyl (C=O) groups is 2. The molecule has 1 amide bonds. The Balaban J connectivity index is 1.21. The van der Waals surface area contributed by atoms with Crippen molar-refractivity contribution in [3.05, 3.63) is 113 Å². The Morgan fingerprint density at radius 3 is 2.56 bits per heavy atom. The van der Waals surface area contributed by atoms with Crippen LogP contribution >= 0.6 is 11.3 Å². The minimum absolute atomic E-state index is 0.0464. The Labute approximate surface area is 275 Å². The van der Waals surface area contributed by atoms with Crippen molar-refractivity contribution < 1.29 is 32.6 Å². The molecule has 0 aliphatic heterocycles. The molecule has 0 unspecified atom stereocenters. The van der Waals surface area contributed by atoms with Gasteiger partial charge < -0.3 is 19.5 Å². The molecule has 0 atom stereocenters. The smallest absolute Gasteiger partial charge is 0.302 e. The van der Waals surface area contributed by atoms with Crippen molar-refractivity contribution in [1.29, 1.82) is 0 Å². The molecule has 244 valence electrons. The summed E-state index contributed by atoms with van der Waals surface area (Å²) in [6, 6.07) is 14.1. The summed E-state index contributed by atoms with van der Waals surface area (Å²) in [4.78, 5) is 43.0. The number of ether oxygens (including phenoxy) is 3. The van der Waals surface area contributed by atoms with E-state index in [-0.39, 0.29) is 41.9 Å². The van der Waals surface area contributed by atoms with Crippen LogP contribution in [0.25, 0.3) is 26.3 Å². The number of esters is 1. The molecular formula is C34H27F2N5O6S. The number of amides is 1. The van der Waals surface area contributed by atoms with E-state index in [1.165, 1.54) is 71.5 Å². The highest BCUT2D eigenvalue weighted by atomic mass is 32.1. The van der Waals surface area contributed by atoms with Crippen LogP contribution in [0.1, 0.15) is 24.2 Å². The zero-order valence-corrected chi connectivity index (χ0v) is 26.4. The Morgan fingerprint density at radius 2 is 1.81 bits per heavy atom. The number of halogens is 2. The molecular weight excluding hydrogens is 644 g/mol. The van der Waals surface area contributed by atoms with Crippen molar-refractivity contribution in [2.75, 3.05) is 18.5 Å². The first-order valence-electron chi connectivity index (χ1n) is 14.7. The predicted octanol–water partition coefficient (Wildman–Crippen LogP) is 6.60. The number of benzene rings is 2. The third-order valence-electron chi connectivity index (χ3n) is 7.01. The number of thiophene rings is 1. The van der Waals surface area contributed by atoms with E-state index in [4.69, 9.17) is 14.2 Å². The molecule has 0 bridgehead atoms. The number of hydrogen-bond donors (Lipinski definition) is 1. The van der Waals surface area contributed by atoms with E-state index in [0.717, 1.165) is 16.5 Å². The fourth-order valence-corrected chi connectivity index (χ4v) is 5.86. The summed E-state index contributed by atoms with van der Waals surface area (Å²) in [6.07, 6.45) is 6.50. The highest BCUT2D eigenvalue weighted by Crippen LogP contribution is 2.39. The predicted molar refractivity (Wildman–Crippen MR) is 175 cm³/mol. The molecule has 4 heterocycles. The summed E-state index contributed by atoms with van der Waals surface area (Å²) in [5, 5.41) is 6.87. The zero-order chi connectivity index (χ0) is 33.8. The largest absolute Gasteiger partial charge is 0.493 e. The Bertz CT molecular complexity index is 2200. The summed E-state index contributed by atoms with van der Waals surface area (Å²) in [5.41, 5.74) is 0.898. The molecule has 6 rings (SSSR count). The molecule has 4 aromatic heterocycles. The highest BCUT2D eigenvalue weighted by Gasteiger charge is 2.21. The molecule has 1 N–H and O–H groups in total. The number of pyridine rings is 2. The Morgan fingerprint density at radius 1 is 1.00 bits per heavy atom. The number of hydrogen-bond acceptors (Lipinski definition) is 9. The maximum absolute atomic E-state index is 15.4. The van der Waals surface area contributed by atoms with Gasteiger partial charge in [0.15, 0.2) is 11.6 Å². The van der Waals surface area contributed by atoms with E-state index in [9.17, 15) is 18.8 Å². The first-order valence-corrected chi connectivity index (χ1v) is 15.5. The van der Waals surface area contributed by atoms with E-state index in [1.54, 1.807) is 30.1 Å². The van der Waals surface area contributed by atoms with E-state index in [1.807, 2.05) is 12.3 Å². The molecule has 2 aromatic carbocycles. The minimum atomic E-state index is -0.815. The summed E-state index contributed by atoms with van der Waals surface area (Å²) in [7, 11) is 0. The molecule has 6 aromatic rings. The van der Waals surface area contributed by atoms with Gasteiger partial charge in [-0.3, -0.25) is 28.6 Å². The topological polar surface area (TPSA) is 127 Å². The average Bonchev–Trinajstić information content (AvgIpc) is 3.71. The molecule has 48 heavy (non-hydrogen) atoms. The number of rotatable bonds is 11. The average molecular weight is 672 g/mol. The monoisotopic (exact) mass is 671 g/mol. The van der Waals surface area contributed by atoms with Gasteiger partial charge in [-0.2, -0.15) is 5.10 Å². The molecule has 14 heteroatoms. The summed E-state index contributed by atoms with van der Waals surface area (Å²) in [5.74, 6) is -2.08. The van der Waals surface area contributed by atoms with E-state index >= 15 is 4.39 Å². The maximum atomic E-state index is 15.4. The van der Waals surface area contributed by atoms with E-state index in [0.29, 0.717) is 28.2 Å². The van der Waals surface area contributed by atoms with Crippen LogP contribution in [0, 0.1) is 11.6 Å². The van der Waals surface area contributed by atoms with Crippen LogP contribution in [0.5, 0.6) is 17.2 Å². The fourth-order valence-electron chi connectivity index (χ4n) is 4.82. The first kappa shape index (κ1) is 32.1. The maximum Gasteiger partial charge on any atom is 0.302 e. The summed E-state index contributed by atoms with van der Waals surface area (Å²) < 4.78 is 48.8. The van der Waals surface area contributed by atoms with Gasteiger partial charge in [0.1, 0.15) is 29.5 Å². The minimum Gasteiger partial charge on any atom is -0.493 e. The van der Waals surface area contributed by atoms with Crippen LogP contribution in [0.2, 0.25) is 0 Å². The van der Waals surface area contributed by atoms with Crippen LogP contribution in [-0.2, 0) is 16.1 Å². The highest BCUT2D eigenvalue weighted by molar-refractivity contribution is 7.22. The SMILES string of the molecule is CCOc1ccn(-c2ccc(F)cc2)c(=O)c1C(=O)Nc1ccc(Oc2ccnc3cc(-c4cnn(CCOC(C)=O)c4)sc23)c(F)c1. The van der Waals surface area contributed by atoms with Crippen LogP contribution in [0.4, 0.5) is 14.5 Å². The van der Waals surface area contributed by atoms with Crippen molar-refractivity contribution in [2.45, 2.75) is 20.4 Å². The van der Waals surface area contributed by atoms with Crippen LogP contribution < -0.4 is 20.3 Å². The lowest BCUT2D eigenvalue weighted by Gasteiger charge is -2.14. The lowest BCUT2D eigenvalue weighted by molar-refractivity contribution is -0.141. The molecule has 0 saturated carbocycles. The zero-order valence-electron chi connectivity index (χ0n) is 25.6. The molecule has 0 aliphatic rings. The lowest BCUT2D eigenvalue weighted by Crippen LogP contribution is -2.29. The molecule has 0 aliphatic carbocycles. The molecule has 11 nitrogen and oxygen atoms in total. The van der Waals surface area contributed by atoms with Gasteiger partial charge in [-0.1, -0.05) is 0 Å². The van der Waals surface area contributed by atoms with Gasteiger partial charge in [-0.05, 0) is 55.5 Å². The lowest BCUT2D eigenvalue weighted by atomic mass is 10.2. The van der Waals surface area contributed by atoms with E-state index < -0.39 is 23.1 Å². The Hall–Kier alpha value is -5.89. The second-order valence-electron chi connectivity index (χ2n) is 10.3. The fraction of sp³-hybridized carbons (Fsp3) is 0.147. The van der Waals surface area contributed by atoms with Gasteiger partial charge in [0.25, 0.3) is 11.5 Å². The summed E-state index contributed by atoms with van der Waals surface area (Å²) >= 11 is 1.39. The number of carbonyl (C=O) groups excluding carboxylic acids is 2. The second-order valence-corrected chi connectivity index (χ2v) is 11.4. The summed E-state index contributed by atoms with van der Waals surface area (Å²) in [6.45, 7) is 3.85. The van der Waals surface area contributed by atoms with Gasteiger partial charge in [0, 0.05) is 59.5 Å². The number of nitrogens with zero attached hydrogens (tertiary/aromatic N) is 4. The standard InChI is InChI=1S/C34H27F2N5O6S/c1-3-45-28-11-13-41(24-7-4-22(35)5-8-24)34(44)31(28)33(43)39-23-6-9-27(25(36)16-23)47-29-10-12-37-26-17-30(48-32(26)29)21-18-38-40(19-21)14-15-46-20(2)42/h4-13,16-19H,3,14-15H2,1-2H3,(H,39,43). The Kier molecular flexibility index (Phi) is 9.25. The van der Waals surface area contributed by atoms with E-state index in [2.05, 4.69) is 15.4 Å². The second kappa shape index (κ2) is 13.8. The molecule has 0 fully saturated rings. The van der Waals surface area contributed by atoms with Crippen LogP contribution in [0.3, 0.4) is 0 Å². The van der Waals surface area contributed by atoms with Gasteiger partial charge in [0.05, 0.1) is 29.6 Å². The van der Waals surface area contributed by atoms with Crippen LogP contribution in [0.15, 0.2) is 90.2 Å². The number of nitrogens with one attached hydrogen (secondary N) is 1. The van der Waals surface area contributed by atoms with Crippen LogP contribution in [-0.4, -0.2) is 44.4 Å². The third-order valence-corrected chi connectivity index (χ3v) is 8.20. The molecule has 0 spiro atoms. The van der Waals surface area contributed by atoms with Crippen molar-refractivity contribution in [3.8, 4) is 33.4 Å². The molecule has 0 radical (unpaired) electrons.